The van der Waals surface area contributed by atoms with Gasteiger partial charge in [-0.15, -0.1) is 0 Å². The summed E-state index contributed by atoms with van der Waals surface area (Å²) in [6.45, 7) is 1.19. The molecule has 21 heavy (non-hydrogen) atoms. The minimum Gasteiger partial charge on any atom is -0.376 e. The van der Waals surface area contributed by atoms with Gasteiger partial charge in [0.15, 0.2) is 0 Å². The van der Waals surface area contributed by atoms with Gasteiger partial charge >= 0.3 is 0 Å². The maximum absolute atomic E-state index is 12.9. The molecule has 0 radical (unpaired) electrons. The first-order valence-electron chi connectivity index (χ1n) is 8.03. The number of halogens is 1. The molecule has 1 aliphatic carbocycles. The van der Waals surface area contributed by atoms with Crippen molar-refractivity contribution >= 4 is 11.6 Å². The summed E-state index contributed by atoms with van der Waals surface area (Å²) in [6, 6.07) is 6.61. The van der Waals surface area contributed by atoms with Crippen LogP contribution in [0.4, 0.5) is 10.1 Å². The van der Waals surface area contributed by atoms with E-state index < -0.39 is 0 Å². The molecule has 1 aromatic rings. The molecule has 0 spiro atoms. The van der Waals surface area contributed by atoms with Crippen LogP contribution in [0.25, 0.3) is 0 Å². The number of nitrogens with one attached hydrogen (secondary N) is 1. The highest BCUT2D eigenvalue weighted by Crippen LogP contribution is 2.35. The molecule has 2 fully saturated rings. The summed E-state index contributed by atoms with van der Waals surface area (Å²) >= 11 is 0. The van der Waals surface area contributed by atoms with Crippen LogP contribution >= 0.6 is 0 Å². The molecule has 1 aromatic carbocycles. The lowest BCUT2D eigenvalue weighted by atomic mass is 9.78. The molecule has 1 saturated carbocycles. The molecule has 4 heteroatoms. The number of likely N-dealkylation sites (tertiary alicyclic amines) is 1. The van der Waals surface area contributed by atoms with Crippen LogP contribution in [0.2, 0.25) is 0 Å². The van der Waals surface area contributed by atoms with Gasteiger partial charge in [-0.1, -0.05) is 12.8 Å². The summed E-state index contributed by atoms with van der Waals surface area (Å²) in [5.74, 6) is 0.631. The standard InChI is InChI=1S/C17H23FN2O/c18-14-7-9-15(10-8-14)19-12-17(21)20-11-3-5-13-4-1-2-6-16(13)20/h7-10,13,16,19H,1-6,11-12H2. The fourth-order valence-corrected chi connectivity index (χ4v) is 3.78. The van der Waals surface area contributed by atoms with Gasteiger partial charge in [0.1, 0.15) is 5.82 Å². The van der Waals surface area contributed by atoms with E-state index in [0.29, 0.717) is 18.5 Å². The molecule has 3 nitrogen and oxygen atoms in total. The Balaban J connectivity index is 1.57. The summed E-state index contributed by atoms with van der Waals surface area (Å²) < 4.78 is 12.9. The van der Waals surface area contributed by atoms with Crippen LogP contribution in [0.1, 0.15) is 38.5 Å². The number of amides is 1. The van der Waals surface area contributed by atoms with E-state index in [0.717, 1.165) is 25.1 Å². The van der Waals surface area contributed by atoms with Crippen LogP contribution < -0.4 is 5.32 Å². The van der Waals surface area contributed by atoms with E-state index in [1.54, 1.807) is 12.1 Å². The van der Waals surface area contributed by atoms with Crippen LogP contribution in [0.15, 0.2) is 24.3 Å². The highest BCUT2D eigenvalue weighted by Gasteiger charge is 2.35. The number of anilines is 1. The second kappa shape index (κ2) is 6.46. The van der Waals surface area contributed by atoms with Crippen molar-refractivity contribution in [3.05, 3.63) is 30.1 Å². The minimum absolute atomic E-state index is 0.177. The molecule has 0 bridgehead atoms. The molecular formula is C17H23FN2O. The first-order chi connectivity index (χ1) is 10.2. The molecule has 1 N–H and O–H groups in total. The van der Waals surface area contributed by atoms with Gasteiger partial charge in [0, 0.05) is 18.3 Å². The van der Waals surface area contributed by atoms with E-state index >= 15 is 0 Å². The van der Waals surface area contributed by atoms with Crippen molar-refractivity contribution in [2.75, 3.05) is 18.4 Å². The third-order valence-corrected chi connectivity index (χ3v) is 4.85. The molecule has 2 unspecified atom stereocenters. The van der Waals surface area contributed by atoms with Crippen LogP contribution in [-0.4, -0.2) is 29.9 Å². The zero-order valence-electron chi connectivity index (χ0n) is 12.4. The number of piperidine rings is 1. The SMILES string of the molecule is O=C(CNc1ccc(F)cc1)N1CCCC2CCCCC21. The monoisotopic (exact) mass is 290 g/mol. The van der Waals surface area contributed by atoms with Crippen molar-refractivity contribution in [2.45, 2.75) is 44.6 Å². The Morgan fingerprint density at radius 3 is 2.67 bits per heavy atom. The van der Waals surface area contributed by atoms with Crippen molar-refractivity contribution in [3.8, 4) is 0 Å². The Labute approximate surface area is 125 Å². The zero-order valence-corrected chi connectivity index (χ0v) is 12.4. The molecule has 2 atom stereocenters. The van der Waals surface area contributed by atoms with E-state index in [1.165, 1.54) is 37.8 Å². The van der Waals surface area contributed by atoms with Crippen molar-refractivity contribution in [3.63, 3.8) is 0 Å². The summed E-state index contributed by atoms with van der Waals surface area (Å²) in [4.78, 5) is 14.6. The highest BCUT2D eigenvalue weighted by atomic mass is 19.1. The summed E-state index contributed by atoms with van der Waals surface area (Å²) in [7, 11) is 0. The molecule has 0 aromatic heterocycles. The number of benzene rings is 1. The summed E-state index contributed by atoms with van der Waals surface area (Å²) in [6.07, 6.45) is 7.41. The number of hydrogen-bond acceptors (Lipinski definition) is 2. The van der Waals surface area contributed by atoms with E-state index in [1.807, 2.05) is 0 Å². The lowest BCUT2D eigenvalue weighted by Crippen LogP contribution is -2.51. The second-order valence-corrected chi connectivity index (χ2v) is 6.20. The lowest BCUT2D eigenvalue weighted by molar-refractivity contribution is -0.135. The predicted octanol–water partition coefficient (Wildman–Crippen LogP) is 3.42. The van der Waals surface area contributed by atoms with Crippen LogP contribution in [0.5, 0.6) is 0 Å². The topological polar surface area (TPSA) is 32.3 Å². The Bertz CT molecular complexity index is 486. The number of carbonyl (C=O) groups is 1. The first kappa shape index (κ1) is 14.4. The third kappa shape index (κ3) is 3.36. The smallest absolute Gasteiger partial charge is 0.242 e. The van der Waals surface area contributed by atoms with Crippen LogP contribution in [-0.2, 0) is 4.79 Å². The molecule has 2 aliphatic rings. The quantitative estimate of drug-likeness (QED) is 0.925. The van der Waals surface area contributed by atoms with Crippen LogP contribution in [0.3, 0.4) is 0 Å². The Kier molecular flexibility index (Phi) is 4.42. The van der Waals surface area contributed by atoms with Crippen molar-refractivity contribution in [2.24, 2.45) is 5.92 Å². The normalized spacial score (nSPS) is 25.3. The van der Waals surface area contributed by atoms with E-state index in [-0.39, 0.29) is 11.7 Å². The third-order valence-electron chi connectivity index (χ3n) is 4.85. The van der Waals surface area contributed by atoms with Gasteiger partial charge in [0.05, 0.1) is 6.54 Å². The first-order valence-corrected chi connectivity index (χ1v) is 8.03. The van der Waals surface area contributed by atoms with E-state index in [4.69, 9.17) is 0 Å². The Morgan fingerprint density at radius 1 is 1.14 bits per heavy atom. The van der Waals surface area contributed by atoms with Gasteiger partial charge in [-0.25, -0.2) is 4.39 Å². The van der Waals surface area contributed by atoms with E-state index in [2.05, 4.69) is 10.2 Å². The van der Waals surface area contributed by atoms with Crippen molar-refractivity contribution in [1.29, 1.82) is 0 Å². The predicted molar refractivity (Wildman–Crippen MR) is 81.6 cm³/mol. The Hall–Kier alpha value is -1.58. The van der Waals surface area contributed by atoms with Gasteiger partial charge in [-0.05, 0) is 55.9 Å². The summed E-state index contributed by atoms with van der Waals surface area (Å²) in [5, 5.41) is 3.11. The number of carbonyl (C=O) groups excluding carboxylic acids is 1. The molecule has 1 aliphatic heterocycles. The van der Waals surface area contributed by atoms with Crippen molar-refractivity contribution in [1.82, 2.24) is 4.90 Å². The second-order valence-electron chi connectivity index (χ2n) is 6.20. The molecule has 1 saturated heterocycles. The lowest BCUT2D eigenvalue weighted by Gasteiger charge is -2.44. The van der Waals surface area contributed by atoms with E-state index in [9.17, 15) is 9.18 Å². The number of rotatable bonds is 3. The largest absolute Gasteiger partial charge is 0.376 e. The highest BCUT2D eigenvalue weighted by molar-refractivity contribution is 5.81. The van der Waals surface area contributed by atoms with Gasteiger partial charge in [-0.2, -0.15) is 0 Å². The average Bonchev–Trinajstić information content (AvgIpc) is 2.53. The average molecular weight is 290 g/mol. The fraction of sp³-hybridized carbons (Fsp3) is 0.588. The maximum Gasteiger partial charge on any atom is 0.242 e. The molecule has 1 amide bonds. The van der Waals surface area contributed by atoms with Gasteiger partial charge in [-0.3, -0.25) is 4.79 Å². The molecular weight excluding hydrogens is 267 g/mol. The number of hydrogen-bond donors (Lipinski definition) is 1. The van der Waals surface area contributed by atoms with Crippen LogP contribution in [0, 0.1) is 11.7 Å². The van der Waals surface area contributed by atoms with Gasteiger partial charge < -0.3 is 10.2 Å². The van der Waals surface area contributed by atoms with Crippen molar-refractivity contribution < 1.29 is 9.18 Å². The number of fused-ring (bicyclic) bond motifs is 1. The molecule has 114 valence electrons. The fourth-order valence-electron chi connectivity index (χ4n) is 3.78. The maximum atomic E-state index is 12.9. The van der Waals surface area contributed by atoms with Gasteiger partial charge in [0.2, 0.25) is 5.91 Å². The number of nitrogens with zero attached hydrogens (tertiary/aromatic N) is 1. The summed E-state index contributed by atoms with van der Waals surface area (Å²) in [5.41, 5.74) is 0.793. The zero-order chi connectivity index (χ0) is 14.7. The molecule has 1 heterocycles. The molecule has 3 rings (SSSR count). The minimum atomic E-state index is -0.257. The van der Waals surface area contributed by atoms with Gasteiger partial charge in [0.25, 0.3) is 0 Å². The Morgan fingerprint density at radius 2 is 1.86 bits per heavy atom.